The van der Waals surface area contributed by atoms with Gasteiger partial charge in [0.25, 0.3) is 0 Å². The molecule has 164 valence electrons. The zero-order valence-electron chi connectivity index (χ0n) is 16.9. The van der Waals surface area contributed by atoms with Gasteiger partial charge in [0.1, 0.15) is 18.2 Å². The standard InChI is InChI=1S/C24H17F5N2O/c1-13-4-15-8-23(31-11-16(15)5-13)32-12-17-7-19(20(9-21(17)25)24(27,28)29)18-3-2-14(10-30)6-22(18)26/h2-3,6-9,11,13H,4-5,12H2,1H3. The Hall–Kier alpha value is -3.47. The molecule has 0 amide bonds. The molecule has 32 heavy (non-hydrogen) atoms. The van der Waals surface area contributed by atoms with Crippen LogP contribution in [-0.2, 0) is 25.6 Å². The third kappa shape index (κ3) is 4.28. The van der Waals surface area contributed by atoms with Crippen molar-refractivity contribution in [2.75, 3.05) is 0 Å². The predicted octanol–water partition coefficient (Wildman–Crippen LogP) is 6.23. The number of fused-ring (bicyclic) bond motifs is 1. The van der Waals surface area contributed by atoms with Gasteiger partial charge in [-0.15, -0.1) is 0 Å². The zero-order chi connectivity index (χ0) is 23.0. The van der Waals surface area contributed by atoms with E-state index in [2.05, 4.69) is 11.9 Å². The van der Waals surface area contributed by atoms with Crippen molar-refractivity contribution >= 4 is 0 Å². The summed E-state index contributed by atoms with van der Waals surface area (Å²) in [6.45, 7) is 1.73. The van der Waals surface area contributed by atoms with Crippen LogP contribution in [0.15, 0.2) is 42.6 Å². The average Bonchev–Trinajstić information content (AvgIpc) is 3.11. The van der Waals surface area contributed by atoms with E-state index < -0.39 is 28.9 Å². The van der Waals surface area contributed by atoms with Gasteiger partial charge >= 0.3 is 6.18 Å². The van der Waals surface area contributed by atoms with Gasteiger partial charge in [0.15, 0.2) is 0 Å². The fraction of sp³-hybridized carbons (Fsp3) is 0.250. The van der Waals surface area contributed by atoms with Crippen LogP contribution >= 0.6 is 0 Å². The van der Waals surface area contributed by atoms with Crippen molar-refractivity contribution < 1.29 is 26.7 Å². The fourth-order valence-electron chi connectivity index (χ4n) is 3.92. The highest BCUT2D eigenvalue weighted by atomic mass is 19.4. The van der Waals surface area contributed by atoms with Crippen molar-refractivity contribution in [3.05, 3.63) is 82.0 Å². The fourth-order valence-corrected chi connectivity index (χ4v) is 3.92. The van der Waals surface area contributed by atoms with E-state index in [9.17, 15) is 22.0 Å². The number of hydrogen-bond donors (Lipinski definition) is 0. The molecular formula is C24H17F5N2O. The largest absolute Gasteiger partial charge is 0.473 e. The van der Waals surface area contributed by atoms with Gasteiger partial charge in [-0.1, -0.05) is 13.0 Å². The van der Waals surface area contributed by atoms with Crippen molar-refractivity contribution in [2.24, 2.45) is 5.92 Å². The van der Waals surface area contributed by atoms with E-state index >= 15 is 0 Å². The van der Waals surface area contributed by atoms with Gasteiger partial charge in [-0.05, 0) is 59.7 Å². The predicted molar refractivity (Wildman–Crippen MR) is 107 cm³/mol. The van der Waals surface area contributed by atoms with Crippen LogP contribution in [-0.4, -0.2) is 4.98 Å². The number of rotatable bonds is 4. The Balaban J connectivity index is 1.69. The lowest BCUT2D eigenvalue weighted by atomic mass is 9.95. The Morgan fingerprint density at radius 2 is 1.78 bits per heavy atom. The molecule has 0 bridgehead atoms. The van der Waals surface area contributed by atoms with Crippen molar-refractivity contribution in [2.45, 2.75) is 32.5 Å². The van der Waals surface area contributed by atoms with Crippen LogP contribution in [0.1, 0.15) is 34.7 Å². The Morgan fingerprint density at radius 3 is 2.47 bits per heavy atom. The molecule has 1 aliphatic carbocycles. The Morgan fingerprint density at radius 1 is 1.03 bits per heavy atom. The first kappa shape index (κ1) is 21.8. The van der Waals surface area contributed by atoms with E-state index in [1.165, 1.54) is 6.07 Å². The first-order valence-electron chi connectivity index (χ1n) is 9.86. The zero-order valence-corrected chi connectivity index (χ0v) is 16.9. The van der Waals surface area contributed by atoms with Crippen LogP contribution in [0, 0.1) is 28.9 Å². The quantitative estimate of drug-likeness (QED) is 0.448. The molecule has 4 rings (SSSR count). The summed E-state index contributed by atoms with van der Waals surface area (Å²) >= 11 is 0. The normalized spacial score (nSPS) is 15.3. The highest BCUT2D eigenvalue weighted by Gasteiger charge is 2.35. The number of aromatic nitrogens is 1. The van der Waals surface area contributed by atoms with E-state index in [1.54, 1.807) is 18.3 Å². The topological polar surface area (TPSA) is 45.9 Å². The molecule has 1 aliphatic rings. The Bertz CT molecular complexity index is 1230. The summed E-state index contributed by atoms with van der Waals surface area (Å²) in [6, 6.07) is 7.85. The van der Waals surface area contributed by atoms with Gasteiger partial charge in [0, 0.05) is 23.4 Å². The number of pyridine rings is 1. The number of alkyl halides is 3. The minimum absolute atomic E-state index is 0.0394. The number of nitriles is 1. The molecular weight excluding hydrogens is 427 g/mol. The summed E-state index contributed by atoms with van der Waals surface area (Å²) in [5.41, 5.74) is -0.251. The van der Waals surface area contributed by atoms with E-state index in [4.69, 9.17) is 10.00 Å². The van der Waals surface area contributed by atoms with Crippen LogP contribution in [0.5, 0.6) is 5.88 Å². The summed E-state index contributed by atoms with van der Waals surface area (Å²) in [4.78, 5) is 4.18. The second-order valence-corrected chi connectivity index (χ2v) is 7.89. The molecule has 0 aliphatic heterocycles. The van der Waals surface area contributed by atoms with Crippen molar-refractivity contribution in [1.29, 1.82) is 5.26 Å². The van der Waals surface area contributed by atoms with Crippen LogP contribution in [0.4, 0.5) is 22.0 Å². The molecule has 1 aromatic heterocycles. The number of ether oxygens (including phenoxy) is 1. The van der Waals surface area contributed by atoms with Gasteiger partial charge in [0.2, 0.25) is 5.88 Å². The second-order valence-electron chi connectivity index (χ2n) is 7.89. The molecule has 3 nitrogen and oxygen atoms in total. The van der Waals surface area contributed by atoms with E-state index in [0.717, 1.165) is 42.2 Å². The molecule has 0 spiro atoms. The first-order valence-corrected chi connectivity index (χ1v) is 9.86. The van der Waals surface area contributed by atoms with Gasteiger partial charge in [-0.3, -0.25) is 0 Å². The smallest absolute Gasteiger partial charge is 0.417 e. The highest BCUT2D eigenvalue weighted by Crippen LogP contribution is 2.40. The average molecular weight is 444 g/mol. The summed E-state index contributed by atoms with van der Waals surface area (Å²) < 4.78 is 75.2. The van der Waals surface area contributed by atoms with Crippen molar-refractivity contribution in [1.82, 2.24) is 4.98 Å². The highest BCUT2D eigenvalue weighted by molar-refractivity contribution is 5.70. The van der Waals surface area contributed by atoms with Crippen LogP contribution < -0.4 is 4.74 Å². The van der Waals surface area contributed by atoms with Crippen LogP contribution in [0.3, 0.4) is 0 Å². The van der Waals surface area contributed by atoms with E-state index in [0.29, 0.717) is 12.0 Å². The monoisotopic (exact) mass is 444 g/mol. The van der Waals surface area contributed by atoms with Crippen molar-refractivity contribution in [3.63, 3.8) is 0 Å². The summed E-state index contributed by atoms with van der Waals surface area (Å²) in [6.07, 6.45) is -1.44. The number of hydrogen-bond acceptors (Lipinski definition) is 3. The van der Waals surface area contributed by atoms with E-state index in [1.807, 2.05) is 0 Å². The lowest BCUT2D eigenvalue weighted by molar-refractivity contribution is -0.137. The summed E-state index contributed by atoms with van der Waals surface area (Å²) in [5.74, 6) is -1.41. The molecule has 1 atom stereocenters. The number of halogens is 5. The lowest BCUT2D eigenvalue weighted by Crippen LogP contribution is -2.11. The van der Waals surface area contributed by atoms with Crippen molar-refractivity contribution in [3.8, 4) is 23.1 Å². The molecule has 3 aromatic rings. The first-order chi connectivity index (χ1) is 15.2. The molecule has 8 heteroatoms. The van der Waals surface area contributed by atoms with Gasteiger partial charge in [0.05, 0.1) is 17.2 Å². The molecule has 2 aromatic carbocycles. The number of benzene rings is 2. The van der Waals surface area contributed by atoms with Gasteiger partial charge in [-0.25, -0.2) is 13.8 Å². The molecule has 1 unspecified atom stereocenters. The third-order valence-electron chi connectivity index (χ3n) is 5.45. The minimum atomic E-state index is -4.91. The maximum atomic E-state index is 14.5. The van der Waals surface area contributed by atoms with Crippen LogP contribution in [0.2, 0.25) is 0 Å². The summed E-state index contributed by atoms with van der Waals surface area (Å²) in [5, 5.41) is 8.87. The Labute approximate surface area is 181 Å². The van der Waals surface area contributed by atoms with Crippen LogP contribution in [0.25, 0.3) is 11.1 Å². The molecule has 0 saturated heterocycles. The van der Waals surface area contributed by atoms with Gasteiger partial charge < -0.3 is 4.74 Å². The molecule has 0 saturated carbocycles. The SMILES string of the molecule is CC1Cc2cnc(OCc3cc(-c4ccc(C#N)cc4F)c(C(F)(F)F)cc3F)cc2C1. The molecule has 0 radical (unpaired) electrons. The number of nitrogens with zero attached hydrogens (tertiary/aromatic N) is 2. The molecule has 0 fully saturated rings. The van der Waals surface area contributed by atoms with Gasteiger partial charge in [-0.2, -0.15) is 18.4 Å². The summed E-state index contributed by atoms with van der Waals surface area (Å²) in [7, 11) is 0. The minimum Gasteiger partial charge on any atom is -0.473 e. The maximum absolute atomic E-state index is 14.5. The lowest BCUT2D eigenvalue weighted by Gasteiger charge is -2.16. The molecule has 1 heterocycles. The van der Waals surface area contributed by atoms with E-state index in [-0.39, 0.29) is 29.2 Å². The molecule has 0 N–H and O–H groups in total. The maximum Gasteiger partial charge on any atom is 0.417 e. The second kappa shape index (κ2) is 8.23. The Kier molecular flexibility index (Phi) is 5.59. The third-order valence-corrected chi connectivity index (χ3v) is 5.45.